The summed E-state index contributed by atoms with van der Waals surface area (Å²) in [5.41, 5.74) is 0.854. The normalized spacial score (nSPS) is 11.8. The Hall–Kier alpha value is -0.940. The number of hydrogen-bond acceptors (Lipinski definition) is 4. The van der Waals surface area contributed by atoms with Gasteiger partial charge in [0.2, 0.25) is 0 Å². The average Bonchev–Trinajstić information content (AvgIpc) is 2.48. The molecule has 9 heteroatoms. The third kappa shape index (κ3) is 11.3. The molecule has 1 aromatic carbocycles. The minimum absolute atomic E-state index is 0. The fraction of sp³-hybridized carbons (Fsp3) is 0.562. The molecule has 0 aromatic heterocycles. The molecule has 0 aliphatic heterocycles. The molecule has 1 N–H and O–H groups in total. The second kappa shape index (κ2) is 12.4. The minimum atomic E-state index is -3.00. The maximum absolute atomic E-state index is 13.2. The fourth-order valence-electron chi connectivity index (χ4n) is 1.98. The molecular formula is C16H27FIN3O3S. The topological polar surface area (TPSA) is 71.0 Å². The predicted octanol–water partition coefficient (Wildman–Crippen LogP) is 1.90. The summed E-state index contributed by atoms with van der Waals surface area (Å²) in [5, 5.41) is 3.16. The summed E-state index contributed by atoms with van der Waals surface area (Å²) in [6.45, 7) is 4.13. The number of nitrogens with zero attached hydrogens (tertiary/aromatic N) is 2. The van der Waals surface area contributed by atoms with Crippen molar-refractivity contribution in [1.82, 2.24) is 10.2 Å². The van der Waals surface area contributed by atoms with E-state index in [1.54, 1.807) is 6.07 Å². The van der Waals surface area contributed by atoms with Crippen LogP contribution in [0.1, 0.15) is 12.5 Å². The first-order chi connectivity index (χ1) is 11.3. The van der Waals surface area contributed by atoms with Crippen LogP contribution in [0.15, 0.2) is 29.3 Å². The molecule has 25 heavy (non-hydrogen) atoms. The number of aliphatic imine (C=N–C) groups is 1. The lowest BCUT2D eigenvalue weighted by Crippen LogP contribution is -2.38. The van der Waals surface area contributed by atoms with Gasteiger partial charge in [-0.2, -0.15) is 0 Å². The van der Waals surface area contributed by atoms with E-state index in [2.05, 4.69) is 10.3 Å². The van der Waals surface area contributed by atoms with Gasteiger partial charge in [0.05, 0.1) is 25.5 Å². The van der Waals surface area contributed by atoms with Gasteiger partial charge in [-0.15, -0.1) is 24.0 Å². The van der Waals surface area contributed by atoms with Gasteiger partial charge in [-0.3, -0.25) is 4.99 Å². The van der Waals surface area contributed by atoms with Crippen molar-refractivity contribution in [2.45, 2.75) is 13.5 Å². The van der Waals surface area contributed by atoms with E-state index in [1.165, 1.54) is 18.4 Å². The fourth-order valence-corrected chi connectivity index (χ4v) is 2.40. The van der Waals surface area contributed by atoms with Crippen molar-refractivity contribution in [3.63, 3.8) is 0 Å². The highest BCUT2D eigenvalue weighted by Gasteiger charge is 2.07. The van der Waals surface area contributed by atoms with E-state index in [0.29, 0.717) is 32.2 Å². The maximum atomic E-state index is 13.2. The summed E-state index contributed by atoms with van der Waals surface area (Å²) < 4.78 is 40.5. The molecule has 6 nitrogen and oxygen atoms in total. The van der Waals surface area contributed by atoms with Gasteiger partial charge in [0.25, 0.3) is 0 Å². The zero-order valence-corrected chi connectivity index (χ0v) is 18.0. The molecule has 0 unspecified atom stereocenters. The van der Waals surface area contributed by atoms with E-state index in [0.717, 1.165) is 5.56 Å². The van der Waals surface area contributed by atoms with Crippen molar-refractivity contribution in [1.29, 1.82) is 0 Å². The molecule has 0 bridgehead atoms. The Morgan fingerprint density at radius 2 is 2.08 bits per heavy atom. The Bertz CT molecular complexity index is 641. The number of nitrogens with one attached hydrogen (secondary N) is 1. The molecular weight excluding hydrogens is 460 g/mol. The number of benzene rings is 1. The van der Waals surface area contributed by atoms with Crippen molar-refractivity contribution >= 4 is 39.8 Å². The minimum Gasteiger partial charge on any atom is -0.378 e. The quantitative estimate of drug-likeness (QED) is 0.250. The SMILES string of the molecule is CCNC(=NCCOCCS(C)(=O)=O)N(C)Cc1cccc(F)c1.I. The van der Waals surface area contributed by atoms with Gasteiger partial charge in [0.15, 0.2) is 5.96 Å². The van der Waals surface area contributed by atoms with E-state index in [-0.39, 0.29) is 42.2 Å². The van der Waals surface area contributed by atoms with Crippen LogP contribution in [-0.2, 0) is 21.1 Å². The molecule has 0 aliphatic rings. The number of halogens is 2. The molecule has 144 valence electrons. The van der Waals surface area contributed by atoms with Crippen LogP contribution in [0.25, 0.3) is 0 Å². The molecule has 0 amide bonds. The zero-order chi connectivity index (χ0) is 18.0. The highest BCUT2D eigenvalue weighted by molar-refractivity contribution is 14.0. The van der Waals surface area contributed by atoms with Crippen molar-refractivity contribution in [3.05, 3.63) is 35.6 Å². The van der Waals surface area contributed by atoms with Crippen LogP contribution in [0.2, 0.25) is 0 Å². The summed E-state index contributed by atoms with van der Waals surface area (Å²) in [6, 6.07) is 6.45. The van der Waals surface area contributed by atoms with E-state index < -0.39 is 9.84 Å². The van der Waals surface area contributed by atoms with Crippen LogP contribution in [-0.4, -0.2) is 64.6 Å². The van der Waals surface area contributed by atoms with Crippen LogP contribution in [0, 0.1) is 5.82 Å². The van der Waals surface area contributed by atoms with Crippen LogP contribution in [0.4, 0.5) is 4.39 Å². The zero-order valence-electron chi connectivity index (χ0n) is 14.9. The number of rotatable bonds is 9. The van der Waals surface area contributed by atoms with Crippen molar-refractivity contribution in [2.24, 2.45) is 4.99 Å². The molecule has 0 atom stereocenters. The van der Waals surface area contributed by atoms with Crippen LogP contribution in [0.3, 0.4) is 0 Å². The van der Waals surface area contributed by atoms with Gasteiger partial charge in [-0.05, 0) is 24.6 Å². The summed E-state index contributed by atoms with van der Waals surface area (Å²) >= 11 is 0. The molecule has 0 aliphatic carbocycles. The molecule has 0 fully saturated rings. The van der Waals surface area contributed by atoms with E-state index in [4.69, 9.17) is 4.74 Å². The van der Waals surface area contributed by atoms with Gasteiger partial charge >= 0.3 is 0 Å². The molecule has 0 saturated carbocycles. The molecule has 0 radical (unpaired) electrons. The van der Waals surface area contributed by atoms with Gasteiger partial charge in [-0.1, -0.05) is 12.1 Å². The number of hydrogen-bond donors (Lipinski definition) is 1. The lowest BCUT2D eigenvalue weighted by atomic mass is 10.2. The largest absolute Gasteiger partial charge is 0.378 e. The number of sulfone groups is 1. The van der Waals surface area contributed by atoms with E-state index >= 15 is 0 Å². The highest BCUT2D eigenvalue weighted by Crippen LogP contribution is 2.06. The third-order valence-corrected chi connectivity index (χ3v) is 4.01. The first-order valence-corrected chi connectivity index (χ1v) is 9.87. The molecule has 0 heterocycles. The Kier molecular flexibility index (Phi) is 12.0. The summed E-state index contributed by atoms with van der Waals surface area (Å²) in [4.78, 5) is 6.33. The lowest BCUT2D eigenvalue weighted by Gasteiger charge is -2.22. The lowest BCUT2D eigenvalue weighted by molar-refractivity contribution is 0.157. The highest BCUT2D eigenvalue weighted by atomic mass is 127. The Balaban J connectivity index is 0.00000576. The number of guanidine groups is 1. The summed E-state index contributed by atoms with van der Waals surface area (Å²) in [7, 11) is -1.13. The van der Waals surface area contributed by atoms with Gasteiger partial charge in [-0.25, -0.2) is 12.8 Å². The molecule has 1 rings (SSSR count). The first-order valence-electron chi connectivity index (χ1n) is 7.81. The maximum Gasteiger partial charge on any atom is 0.194 e. The van der Waals surface area contributed by atoms with Crippen molar-refractivity contribution < 1.29 is 17.5 Å². The third-order valence-electron chi connectivity index (χ3n) is 3.10. The Morgan fingerprint density at radius 1 is 1.36 bits per heavy atom. The predicted molar refractivity (Wildman–Crippen MR) is 110 cm³/mol. The smallest absolute Gasteiger partial charge is 0.194 e. The van der Waals surface area contributed by atoms with Gasteiger partial charge in [0.1, 0.15) is 15.7 Å². The van der Waals surface area contributed by atoms with Crippen molar-refractivity contribution in [2.75, 3.05) is 45.4 Å². The average molecular weight is 487 g/mol. The first kappa shape index (κ1) is 24.1. The van der Waals surface area contributed by atoms with Gasteiger partial charge < -0.3 is 15.0 Å². The monoisotopic (exact) mass is 487 g/mol. The van der Waals surface area contributed by atoms with Crippen LogP contribution < -0.4 is 5.32 Å². The standard InChI is InChI=1S/C16H26FN3O3S.HI/c1-4-18-16(19-8-9-23-10-11-24(3,21)22)20(2)13-14-6-5-7-15(17)12-14;/h5-7,12H,4,8-11,13H2,1-3H3,(H,18,19);1H. The summed E-state index contributed by atoms with van der Waals surface area (Å²) in [5.74, 6) is 0.437. The summed E-state index contributed by atoms with van der Waals surface area (Å²) in [6.07, 6.45) is 1.18. The molecule has 0 spiro atoms. The van der Waals surface area contributed by atoms with Crippen LogP contribution >= 0.6 is 24.0 Å². The second-order valence-electron chi connectivity index (χ2n) is 5.46. The Labute approximate surface area is 166 Å². The molecule has 0 saturated heterocycles. The Morgan fingerprint density at radius 3 is 2.68 bits per heavy atom. The van der Waals surface area contributed by atoms with Crippen LogP contribution in [0.5, 0.6) is 0 Å². The van der Waals surface area contributed by atoms with Crippen molar-refractivity contribution in [3.8, 4) is 0 Å². The molecule has 1 aromatic rings. The second-order valence-corrected chi connectivity index (χ2v) is 7.72. The van der Waals surface area contributed by atoms with Gasteiger partial charge in [0, 0.05) is 26.4 Å². The van der Waals surface area contributed by atoms with E-state index in [9.17, 15) is 12.8 Å². The van der Waals surface area contributed by atoms with E-state index in [1.807, 2.05) is 24.9 Å². The number of ether oxygens (including phenoxy) is 1.